The molecule has 0 aromatic heterocycles. The second-order valence-corrected chi connectivity index (χ2v) is 4.24. The van der Waals surface area contributed by atoms with Crippen molar-refractivity contribution in [1.82, 2.24) is 0 Å². The normalized spacial score (nSPS) is 5.54. The molecule has 0 radical (unpaired) electrons. The summed E-state index contributed by atoms with van der Waals surface area (Å²) in [5.41, 5.74) is 0. The molecular weight excluding hydrogens is 1020 g/mol. The van der Waals surface area contributed by atoms with Gasteiger partial charge in [0, 0.05) is 0 Å². The molecule has 0 unspecified atom stereocenters. The molecule has 50 heteroatoms. The van der Waals surface area contributed by atoms with E-state index in [1.54, 1.807) is 0 Å². The van der Waals surface area contributed by atoms with Crippen molar-refractivity contribution < 1.29 is 380 Å². The van der Waals surface area contributed by atoms with Crippen LogP contribution in [0.15, 0.2) is 0 Å². The summed E-state index contributed by atoms with van der Waals surface area (Å²) in [6.07, 6.45) is -27.5. The van der Waals surface area contributed by atoms with Crippen LogP contribution in [0.25, 0.3) is 0 Å². The molecule has 45 nitrogen and oxygen atoms in total. The van der Waals surface area contributed by atoms with E-state index in [1.165, 1.54) is 0 Å². The zero-order chi connectivity index (χ0) is 53.7. The average molecular weight is 1050 g/mol. The predicted molar refractivity (Wildman–Crippen MR) is 165 cm³/mol. The topological polar surface area (TPSA) is 863 Å². The molecule has 0 atom stereocenters. The van der Waals surface area contributed by atoms with E-state index in [0.717, 1.165) is 0 Å². The molecule has 0 heterocycles. The van der Waals surface area contributed by atoms with Crippen LogP contribution in [-0.2, 0) is 0 Å². The SMILES string of the molecule is O=C(O)O.O=C(O)O.O=C(O)O.O=C(O)O.O=C(O)O.O=C(O)O.O=C(O)O.O=C(O)O.O=C(O)O.O=C(O)O.O=C(O)O.O=C(O)O.O=C(O)O.O=C(O)O.O=C(O)O.[H-].[H-].[H-].[H-].[H-].[Na+].[Na+].[Na+].[Na+].[Na+]. The van der Waals surface area contributed by atoms with Crippen molar-refractivity contribution >= 4 is 92.3 Å². The van der Waals surface area contributed by atoms with E-state index >= 15 is 0 Å². The van der Waals surface area contributed by atoms with Gasteiger partial charge in [0.15, 0.2) is 0 Å². The molecule has 370 valence electrons. The van der Waals surface area contributed by atoms with Crippen molar-refractivity contribution in [2.24, 2.45) is 0 Å². The minimum atomic E-state index is -1.83. The summed E-state index contributed by atoms with van der Waals surface area (Å²) in [6, 6.07) is 0. The zero-order valence-corrected chi connectivity index (χ0v) is 42.0. The Balaban J connectivity index is -0.0000000133. The van der Waals surface area contributed by atoms with E-state index in [0.29, 0.717) is 0 Å². The van der Waals surface area contributed by atoms with Gasteiger partial charge in [-0.3, -0.25) is 0 Å². The third kappa shape index (κ3) is 5150. The summed E-state index contributed by atoms with van der Waals surface area (Å²) >= 11 is 0. The third-order valence-corrected chi connectivity index (χ3v) is 0. The molecule has 0 rings (SSSR count). The second-order valence-electron chi connectivity index (χ2n) is 4.24. The van der Waals surface area contributed by atoms with Crippen molar-refractivity contribution in [3.63, 3.8) is 0 Å². The van der Waals surface area contributed by atoms with Crippen LogP contribution < -0.4 is 148 Å². The van der Waals surface area contributed by atoms with Gasteiger partial charge >= 0.3 is 240 Å². The van der Waals surface area contributed by atoms with Gasteiger partial charge in [0.05, 0.1) is 0 Å². The van der Waals surface area contributed by atoms with Crippen LogP contribution in [0.4, 0.5) is 71.9 Å². The Kier molecular flexibility index (Phi) is 249. The van der Waals surface area contributed by atoms with Crippen LogP contribution in [-0.4, -0.2) is 246 Å². The molecular formula is C15H35Na5O45. The molecule has 0 amide bonds. The monoisotopic (exact) mass is 1050 g/mol. The first-order chi connectivity index (χ1) is 26.0. The molecule has 0 bridgehead atoms. The van der Waals surface area contributed by atoms with E-state index in [-0.39, 0.29) is 155 Å². The van der Waals surface area contributed by atoms with Gasteiger partial charge in [-0.15, -0.1) is 0 Å². The van der Waals surface area contributed by atoms with Crippen LogP contribution in [0.5, 0.6) is 0 Å². The van der Waals surface area contributed by atoms with Crippen LogP contribution in [0.1, 0.15) is 7.13 Å². The van der Waals surface area contributed by atoms with Crippen LogP contribution in [0.3, 0.4) is 0 Å². The van der Waals surface area contributed by atoms with Crippen LogP contribution >= 0.6 is 0 Å². The van der Waals surface area contributed by atoms with Gasteiger partial charge in [-0.1, -0.05) is 0 Å². The maximum Gasteiger partial charge on any atom is 1.00 e. The molecule has 0 aliphatic carbocycles. The first-order valence-corrected chi connectivity index (χ1v) is 9.77. The molecule has 30 N–H and O–H groups in total. The van der Waals surface area contributed by atoms with Crippen LogP contribution in [0.2, 0.25) is 0 Å². The molecule has 0 aromatic rings. The Morgan fingerprint density at radius 1 is 0.123 bits per heavy atom. The molecule has 0 aromatic carbocycles. The minimum absolute atomic E-state index is 0. The quantitative estimate of drug-likeness (QED) is 0.100. The fraction of sp³-hybridized carbons (Fsp3) is 0. The number of carboxylic acid groups (broad SMARTS) is 30. The van der Waals surface area contributed by atoms with Gasteiger partial charge in [0.2, 0.25) is 0 Å². The Hall–Kier alpha value is -5.95. The van der Waals surface area contributed by atoms with Gasteiger partial charge in [-0.2, -0.15) is 0 Å². The van der Waals surface area contributed by atoms with Gasteiger partial charge in [-0.25, -0.2) is 71.9 Å². The maximum absolute atomic E-state index is 8.56. The van der Waals surface area contributed by atoms with E-state index < -0.39 is 92.3 Å². The Bertz CT molecular complexity index is 797. The first-order valence-electron chi connectivity index (χ1n) is 9.77. The molecule has 65 heavy (non-hydrogen) atoms. The fourth-order valence-corrected chi connectivity index (χ4v) is 0. The van der Waals surface area contributed by atoms with Crippen molar-refractivity contribution in [1.29, 1.82) is 0 Å². The minimum Gasteiger partial charge on any atom is -1.00 e. The van der Waals surface area contributed by atoms with Crippen molar-refractivity contribution in [2.45, 2.75) is 0 Å². The summed E-state index contributed by atoms with van der Waals surface area (Å²) in [6.45, 7) is 0. The van der Waals surface area contributed by atoms with Gasteiger partial charge < -0.3 is 160 Å². The Labute approximate surface area is 468 Å². The van der Waals surface area contributed by atoms with Gasteiger partial charge in [-0.05, 0) is 0 Å². The number of carbonyl (C=O) groups is 15. The van der Waals surface area contributed by atoms with E-state index in [9.17, 15) is 0 Å². The second kappa shape index (κ2) is 124. The molecule has 0 aliphatic heterocycles. The smallest absolute Gasteiger partial charge is 1.00 e. The van der Waals surface area contributed by atoms with E-state index in [2.05, 4.69) is 0 Å². The standard InChI is InChI=1S/15CH2O3.5Na.5H/c15*2-1(3)4;;;;;;;;;;/h15*(H2,2,3,4);;;;;;;;;;/q;;;;;;;;;;;;;;;5*+1;5*-1. The fourth-order valence-electron chi connectivity index (χ4n) is 0. The van der Waals surface area contributed by atoms with Gasteiger partial charge in [0.25, 0.3) is 0 Å². The first kappa shape index (κ1) is 130. The summed E-state index contributed by atoms with van der Waals surface area (Å²) in [7, 11) is 0. The predicted octanol–water partition coefficient (Wildman–Crippen LogP) is -11.1. The van der Waals surface area contributed by atoms with Crippen molar-refractivity contribution in [3.8, 4) is 0 Å². The van der Waals surface area contributed by atoms with E-state index in [4.69, 9.17) is 225 Å². The molecule has 0 saturated carbocycles. The number of hydrogen-bond acceptors (Lipinski definition) is 15. The average Bonchev–Trinajstić information content (AvgIpc) is 2.78. The van der Waals surface area contributed by atoms with Crippen molar-refractivity contribution in [2.75, 3.05) is 0 Å². The Morgan fingerprint density at radius 2 is 0.123 bits per heavy atom. The Morgan fingerprint density at radius 3 is 0.123 bits per heavy atom. The molecule has 0 spiro atoms. The van der Waals surface area contributed by atoms with E-state index in [1.807, 2.05) is 0 Å². The van der Waals surface area contributed by atoms with Crippen LogP contribution in [0, 0.1) is 0 Å². The molecule has 0 aliphatic rings. The largest absolute Gasteiger partial charge is 1.00 e. The zero-order valence-electron chi connectivity index (χ0n) is 37.0. The summed E-state index contributed by atoms with van der Waals surface area (Å²) < 4.78 is 0. The summed E-state index contributed by atoms with van der Waals surface area (Å²) in [5.74, 6) is 0. The van der Waals surface area contributed by atoms with Crippen molar-refractivity contribution in [3.05, 3.63) is 0 Å². The summed E-state index contributed by atoms with van der Waals surface area (Å²) in [5, 5.41) is 209. The summed E-state index contributed by atoms with van der Waals surface area (Å²) in [4.78, 5) is 128. The number of hydrogen-bond donors (Lipinski definition) is 30. The molecule has 0 saturated heterocycles. The van der Waals surface area contributed by atoms with Gasteiger partial charge in [0.1, 0.15) is 0 Å². The number of rotatable bonds is 0. The third-order valence-electron chi connectivity index (χ3n) is 0. The maximum atomic E-state index is 8.56. The molecule has 0 fully saturated rings.